The molecule has 2 atom stereocenters. The molecule has 8 bridgehead atoms. The van der Waals surface area contributed by atoms with Crippen molar-refractivity contribution >= 4 is 39.6 Å². The van der Waals surface area contributed by atoms with Gasteiger partial charge in [-0.2, -0.15) is 0 Å². The Labute approximate surface area is 314 Å². The third kappa shape index (κ3) is 8.47. The van der Waals surface area contributed by atoms with Gasteiger partial charge in [-0.05, 0) is 105 Å². The van der Waals surface area contributed by atoms with Crippen molar-refractivity contribution in [3.05, 3.63) is 99.4 Å². The molecular weight excluding hydrogens is 661 g/mol. The van der Waals surface area contributed by atoms with Crippen LogP contribution in [0.5, 0.6) is 0 Å². The number of carbonyl (C=O) groups is 1. The molecule has 2 aliphatic rings. The van der Waals surface area contributed by atoms with E-state index in [2.05, 4.69) is 87.3 Å². The van der Waals surface area contributed by atoms with Crippen LogP contribution >= 0.6 is 0 Å². The van der Waals surface area contributed by atoms with Crippen molar-refractivity contribution in [2.75, 3.05) is 40.0 Å². The lowest BCUT2D eigenvalue weighted by Gasteiger charge is -2.21. The van der Waals surface area contributed by atoms with Crippen LogP contribution in [0.25, 0.3) is 33.7 Å². The number of ether oxygens (including phenoxy) is 2. The molecular formula is C44H57N6O3+. The van der Waals surface area contributed by atoms with Gasteiger partial charge in [-0.3, -0.25) is 9.78 Å². The Morgan fingerprint density at radius 2 is 1.45 bits per heavy atom. The van der Waals surface area contributed by atoms with Crippen molar-refractivity contribution < 1.29 is 18.8 Å². The molecule has 6 heterocycles. The number of amides is 1. The highest BCUT2D eigenvalue weighted by molar-refractivity contribution is 5.85. The summed E-state index contributed by atoms with van der Waals surface area (Å²) in [5.41, 5.74) is 15.8. The van der Waals surface area contributed by atoms with E-state index in [4.69, 9.17) is 19.4 Å². The summed E-state index contributed by atoms with van der Waals surface area (Å²) in [5.74, 6) is 0.344. The Hall–Kier alpha value is -4.60. The molecule has 0 saturated heterocycles. The molecule has 0 unspecified atom stereocenters. The molecule has 280 valence electrons. The fraction of sp³-hybridized carbons (Fsp3) is 0.455. The zero-order chi connectivity index (χ0) is 37.6. The smallest absolute Gasteiger partial charge is 0.222 e. The summed E-state index contributed by atoms with van der Waals surface area (Å²) in [6.07, 6.45) is 9.24. The molecule has 0 saturated carbocycles. The number of H-pyrrole nitrogens is 2. The number of aromatic amines is 2. The normalized spacial score (nSPS) is 15.5. The fourth-order valence-electron chi connectivity index (χ4n) is 7.78. The van der Waals surface area contributed by atoms with E-state index in [0.717, 1.165) is 75.4 Å². The number of rotatable bonds is 14. The molecule has 0 spiro atoms. The van der Waals surface area contributed by atoms with Crippen LogP contribution in [0.2, 0.25) is 0 Å². The van der Waals surface area contributed by atoms with E-state index in [1.165, 1.54) is 22.3 Å². The summed E-state index contributed by atoms with van der Waals surface area (Å²) in [4.78, 5) is 33.2. The number of aromatic nitrogens is 5. The zero-order valence-corrected chi connectivity index (χ0v) is 32.9. The summed E-state index contributed by atoms with van der Waals surface area (Å²) in [6, 6.07) is 12.7. The van der Waals surface area contributed by atoms with Gasteiger partial charge in [0.05, 0.1) is 31.2 Å². The van der Waals surface area contributed by atoms with Crippen molar-refractivity contribution in [1.29, 1.82) is 0 Å². The SMILES string of the molecule is CCc1c(C)c2cc3[nH]c(cc4nc(c(C)c5nc(cc1[nH]2)C(C)=C5)[C@@H](CCC(=O)N(C)CCOCCOCC[n+]1ccccc1)[C@@H]4C)c(C)c3CC. The lowest BCUT2D eigenvalue weighted by Crippen LogP contribution is -2.35. The second-order valence-electron chi connectivity index (χ2n) is 14.6. The van der Waals surface area contributed by atoms with E-state index < -0.39 is 0 Å². The number of nitrogens with one attached hydrogen (secondary N) is 2. The Bertz CT molecular complexity index is 2130. The molecule has 0 aliphatic carbocycles. The van der Waals surface area contributed by atoms with E-state index >= 15 is 0 Å². The number of carbonyl (C=O) groups excluding carboxylic acids is 1. The number of pyridine rings is 1. The molecule has 2 aliphatic heterocycles. The van der Waals surface area contributed by atoms with E-state index in [-0.39, 0.29) is 17.7 Å². The number of nitrogens with zero attached hydrogens (tertiary/aromatic N) is 4. The lowest BCUT2D eigenvalue weighted by molar-refractivity contribution is -0.698. The average Bonchev–Trinajstić information content (AvgIpc) is 3.86. The Kier molecular flexibility index (Phi) is 12.3. The molecule has 4 aromatic rings. The van der Waals surface area contributed by atoms with Gasteiger partial charge in [0.15, 0.2) is 18.9 Å². The Morgan fingerprint density at radius 1 is 0.811 bits per heavy atom. The second-order valence-corrected chi connectivity index (χ2v) is 14.6. The minimum atomic E-state index is 0.0907. The molecule has 53 heavy (non-hydrogen) atoms. The van der Waals surface area contributed by atoms with E-state index in [1.807, 2.05) is 37.6 Å². The quantitative estimate of drug-likeness (QED) is 0.102. The first kappa shape index (κ1) is 38.1. The summed E-state index contributed by atoms with van der Waals surface area (Å²) < 4.78 is 13.6. The lowest BCUT2D eigenvalue weighted by atomic mass is 9.85. The van der Waals surface area contributed by atoms with Crippen molar-refractivity contribution in [3.8, 4) is 0 Å². The molecule has 2 N–H and O–H groups in total. The van der Waals surface area contributed by atoms with Gasteiger partial charge in [0.25, 0.3) is 0 Å². The zero-order valence-electron chi connectivity index (χ0n) is 32.9. The first-order valence-electron chi connectivity index (χ1n) is 19.3. The van der Waals surface area contributed by atoms with Gasteiger partial charge in [-0.25, -0.2) is 9.55 Å². The molecule has 0 fully saturated rings. The van der Waals surface area contributed by atoms with Crippen LogP contribution in [0.1, 0.15) is 103 Å². The summed E-state index contributed by atoms with van der Waals surface area (Å²) in [6.45, 7) is 18.9. The standard InChI is InChI=1S/C44H57N6O3/c1-9-33-30(5)39-27-42-34(10-2)29(4)38(46-42)26-40-31(6)35(44(48-40)32(7)37-24-28(3)36(45-37)25-41(33)47-39)14-15-43(51)49(8)18-20-52-22-23-53-21-19-50-16-12-11-13-17-50/h11-13,16-17,24-27,31,35,46-47H,9-10,14-15,18-23H2,1-8H3/q+1/t31-,35-/m0/s1. The summed E-state index contributed by atoms with van der Waals surface area (Å²) in [5, 5.41) is 0. The highest BCUT2D eigenvalue weighted by Crippen LogP contribution is 2.42. The highest BCUT2D eigenvalue weighted by Gasteiger charge is 2.32. The van der Waals surface area contributed by atoms with Crippen LogP contribution in [-0.2, 0) is 33.7 Å². The Morgan fingerprint density at radius 3 is 2.13 bits per heavy atom. The molecule has 1 amide bonds. The number of hydrogen-bond acceptors (Lipinski definition) is 5. The van der Waals surface area contributed by atoms with Crippen molar-refractivity contribution in [2.45, 2.75) is 92.5 Å². The van der Waals surface area contributed by atoms with Crippen molar-refractivity contribution in [3.63, 3.8) is 0 Å². The average molecular weight is 718 g/mol. The van der Waals surface area contributed by atoms with E-state index in [0.29, 0.717) is 45.8 Å². The molecule has 9 heteroatoms. The van der Waals surface area contributed by atoms with Gasteiger partial charge in [-0.15, -0.1) is 0 Å². The molecule has 0 aromatic carbocycles. The van der Waals surface area contributed by atoms with Crippen LogP contribution in [0.3, 0.4) is 0 Å². The highest BCUT2D eigenvalue weighted by atomic mass is 16.5. The van der Waals surface area contributed by atoms with Gasteiger partial charge in [0.2, 0.25) is 5.91 Å². The van der Waals surface area contributed by atoms with E-state index in [1.54, 1.807) is 4.90 Å². The minimum Gasteiger partial charge on any atom is -0.377 e. The number of allylic oxidation sites excluding steroid dienone is 1. The van der Waals surface area contributed by atoms with Crippen LogP contribution < -0.4 is 4.57 Å². The largest absolute Gasteiger partial charge is 0.377 e. The maximum Gasteiger partial charge on any atom is 0.222 e. The van der Waals surface area contributed by atoms with Gasteiger partial charge in [0.1, 0.15) is 6.61 Å². The number of aryl methyl sites for hydroxylation is 4. The third-order valence-corrected chi connectivity index (χ3v) is 11.2. The summed E-state index contributed by atoms with van der Waals surface area (Å²) >= 11 is 0. The summed E-state index contributed by atoms with van der Waals surface area (Å²) in [7, 11) is 1.86. The molecule has 9 nitrogen and oxygen atoms in total. The maximum absolute atomic E-state index is 13.4. The first-order valence-corrected chi connectivity index (χ1v) is 19.3. The van der Waals surface area contributed by atoms with Crippen molar-refractivity contribution in [1.82, 2.24) is 24.8 Å². The molecule has 4 aromatic heterocycles. The van der Waals surface area contributed by atoms with Gasteiger partial charge in [-0.1, -0.05) is 26.8 Å². The molecule has 0 radical (unpaired) electrons. The van der Waals surface area contributed by atoms with Crippen LogP contribution in [0.15, 0.2) is 48.8 Å². The third-order valence-electron chi connectivity index (χ3n) is 11.2. The predicted octanol–water partition coefficient (Wildman–Crippen LogP) is 8.07. The number of likely N-dealkylation sites (N-methyl/N-ethyl adjacent to an activating group) is 1. The van der Waals surface area contributed by atoms with Crippen LogP contribution in [-0.4, -0.2) is 70.8 Å². The van der Waals surface area contributed by atoms with E-state index in [9.17, 15) is 4.79 Å². The monoisotopic (exact) mass is 717 g/mol. The minimum absolute atomic E-state index is 0.0907. The van der Waals surface area contributed by atoms with Gasteiger partial charge in [0, 0.05) is 77.4 Å². The fourth-order valence-corrected chi connectivity index (χ4v) is 7.78. The molecule has 6 rings (SSSR count). The van der Waals surface area contributed by atoms with Gasteiger partial charge < -0.3 is 24.3 Å². The maximum atomic E-state index is 13.4. The Balaban J connectivity index is 1.22. The second kappa shape index (κ2) is 17.0. The first-order chi connectivity index (χ1) is 25.6. The number of fused-ring (bicyclic) bond motifs is 8. The topological polar surface area (TPSA) is 100 Å². The van der Waals surface area contributed by atoms with Crippen LogP contribution in [0, 0.1) is 20.8 Å². The van der Waals surface area contributed by atoms with Crippen LogP contribution in [0.4, 0.5) is 0 Å². The predicted molar refractivity (Wildman–Crippen MR) is 214 cm³/mol. The van der Waals surface area contributed by atoms with Gasteiger partial charge >= 0.3 is 0 Å². The number of hydrogen-bond donors (Lipinski definition) is 2. The van der Waals surface area contributed by atoms with Crippen molar-refractivity contribution in [2.24, 2.45) is 0 Å².